The summed E-state index contributed by atoms with van der Waals surface area (Å²) in [5.74, 6) is -2.72. The van der Waals surface area contributed by atoms with Crippen LogP contribution >= 0.6 is 11.6 Å². The van der Waals surface area contributed by atoms with E-state index in [4.69, 9.17) is 21.3 Å². The number of halogens is 3. The maximum Gasteiger partial charge on any atom is 0.255 e. The van der Waals surface area contributed by atoms with Crippen LogP contribution in [0.2, 0.25) is 5.02 Å². The van der Waals surface area contributed by atoms with Gasteiger partial charge in [-0.05, 0) is 79.9 Å². The Labute approximate surface area is 401 Å². The number of imide groups is 1. The van der Waals surface area contributed by atoms with Gasteiger partial charge in [0, 0.05) is 108 Å². The quantitative estimate of drug-likeness (QED) is 0.0596. The lowest BCUT2D eigenvalue weighted by molar-refractivity contribution is -0.137. The number of aliphatic imine (C=N–C) groups is 1. The van der Waals surface area contributed by atoms with E-state index in [1.807, 2.05) is 0 Å². The molecule has 4 aromatic carbocycles. The number of nitrogens with one attached hydrogen (secondary N) is 5. The first-order valence-corrected chi connectivity index (χ1v) is 23.3. The zero-order valence-corrected chi connectivity index (χ0v) is 38.2. The van der Waals surface area contributed by atoms with Crippen LogP contribution in [-0.4, -0.2) is 113 Å². The van der Waals surface area contributed by atoms with Gasteiger partial charge in [-0.2, -0.15) is 0 Å². The monoisotopic (exact) mass is 958 g/mol. The average molecular weight is 959 g/mol. The summed E-state index contributed by atoms with van der Waals surface area (Å²) in [6, 6.07) is 20.2. The summed E-state index contributed by atoms with van der Waals surface area (Å²) >= 11 is 6.36. The summed E-state index contributed by atoms with van der Waals surface area (Å²) in [7, 11) is 0. The van der Waals surface area contributed by atoms with Crippen LogP contribution in [0.5, 0.6) is 0 Å². The van der Waals surface area contributed by atoms with Crippen LogP contribution in [0.25, 0.3) is 11.3 Å². The minimum Gasteiger partial charge on any atom is -0.380 e. The Hall–Kier alpha value is -6.99. The molecule has 1 aromatic heterocycles. The Morgan fingerprint density at radius 2 is 1.67 bits per heavy atom. The number of benzene rings is 4. The van der Waals surface area contributed by atoms with Crippen LogP contribution < -0.4 is 26.6 Å². The number of rotatable bonds is 16. The Morgan fingerprint density at radius 3 is 2.45 bits per heavy atom. The lowest BCUT2D eigenvalue weighted by Gasteiger charge is -2.32. The molecule has 0 saturated carbocycles. The van der Waals surface area contributed by atoms with E-state index in [1.165, 1.54) is 23.1 Å². The molecule has 0 radical (unpaired) electrons. The molecular formula is C50H49ClF2N10O6. The molecule has 5 aromatic rings. The summed E-state index contributed by atoms with van der Waals surface area (Å²) in [6.45, 7) is 4.85. The van der Waals surface area contributed by atoms with E-state index < -0.39 is 23.6 Å². The molecule has 0 aliphatic carbocycles. The van der Waals surface area contributed by atoms with E-state index in [9.17, 15) is 32.8 Å². The third kappa shape index (κ3) is 10.8. The van der Waals surface area contributed by atoms with E-state index in [0.29, 0.717) is 74.6 Å². The van der Waals surface area contributed by atoms with Crippen molar-refractivity contribution in [2.75, 3.05) is 56.6 Å². The van der Waals surface area contributed by atoms with Crippen molar-refractivity contribution in [2.45, 2.75) is 57.3 Å². The summed E-state index contributed by atoms with van der Waals surface area (Å²) in [5, 5.41) is 15.3. The minimum absolute atomic E-state index is 0.0491. The van der Waals surface area contributed by atoms with E-state index in [0.717, 1.165) is 39.0 Å². The van der Waals surface area contributed by atoms with Gasteiger partial charge in [0.25, 0.3) is 11.8 Å². The predicted molar refractivity (Wildman–Crippen MR) is 254 cm³/mol. The van der Waals surface area contributed by atoms with Gasteiger partial charge in [-0.25, -0.2) is 18.7 Å². The van der Waals surface area contributed by atoms with Gasteiger partial charge in [-0.1, -0.05) is 29.8 Å². The van der Waals surface area contributed by atoms with E-state index >= 15 is 0 Å². The van der Waals surface area contributed by atoms with Crippen molar-refractivity contribution in [3.8, 4) is 11.3 Å². The molecule has 1 atom stereocenters. The van der Waals surface area contributed by atoms with Crippen LogP contribution in [-0.2, 0) is 32.2 Å². The largest absolute Gasteiger partial charge is 0.380 e. The number of carbonyl (C=O) groups is 5. The van der Waals surface area contributed by atoms with Crippen molar-refractivity contribution in [3.63, 3.8) is 0 Å². The van der Waals surface area contributed by atoms with Gasteiger partial charge < -0.3 is 35.8 Å². The van der Waals surface area contributed by atoms with Crippen molar-refractivity contribution in [3.05, 3.63) is 135 Å². The predicted octanol–water partition coefficient (Wildman–Crippen LogP) is 5.76. The Morgan fingerprint density at radius 1 is 0.884 bits per heavy atom. The number of anilines is 3. The Bertz CT molecular complexity index is 2820. The minimum atomic E-state index is -0.734. The lowest BCUT2D eigenvalue weighted by Crippen LogP contribution is -2.52. The number of hydrogen-bond acceptors (Lipinski definition) is 12. The van der Waals surface area contributed by atoms with Gasteiger partial charge in [-0.15, -0.1) is 0 Å². The average Bonchev–Trinajstić information content (AvgIpc) is 3.59. The molecule has 0 bridgehead atoms. The van der Waals surface area contributed by atoms with E-state index in [2.05, 4.69) is 41.5 Å². The zero-order chi connectivity index (χ0) is 48.0. The van der Waals surface area contributed by atoms with Crippen molar-refractivity contribution in [1.29, 1.82) is 0 Å². The number of fused-ring (bicyclic) bond motifs is 4. The summed E-state index contributed by atoms with van der Waals surface area (Å²) in [6.07, 6.45) is 3.84. The molecule has 0 spiro atoms. The third-order valence-electron chi connectivity index (χ3n) is 12.6. The van der Waals surface area contributed by atoms with Crippen LogP contribution in [0.15, 0.2) is 90.1 Å². The van der Waals surface area contributed by atoms with E-state index in [-0.39, 0.29) is 79.9 Å². The first kappa shape index (κ1) is 47.1. The molecule has 5 N–H and O–H groups in total. The summed E-state index contributed by atoms with van der Waals surface area (Å²) in [5.41, 5.74) is 4.95. The summed E-state index contributed by atoms with van der Waals surface area (Å²) < 4.78 is 35.6. The molecular weight excluding hydrogens is 910 g/mol. The second-order valence-corrected chi connectivity index (χ2v) is 17.6. The SMILES string of the molecule is O=C1CCC(N2Cc3c(NC(=O)CCOCCNCCN4CCC(NC(=O)c5ccc(Nc6ncc7c(n6)-c6ccc(Cl)cc6C(c6c(F)cccc6F)=NC7)cc5)CC4)cccc3C2=O)C(=O)N1. The number of amides is 5. The molecule has 19 heteroatoms. The first-order chi connectivity index (χ1) is 33.5. The maximum absolute atomic E-state index is 15.0. The fourth-order valence-electron chi connectivity index (χ4n) is 9.01. The highest BCUT2D eigenvalue weighted by Gasteiger charge is 2.40. The number of nitrogens with zero attached hydrogens (tertiary/aromatic N) is 5. The molecule has 2 saturated heterocycles. The first-order valence-electron chi connectivity index (χ1n) is 22.9. The fraction of sp³-hybridized carbons (Fsp3) is 0.320. The van der Waals surface area contributed by atoms with Crippen molar-refractivity contribution in [1.82, 2.24) is 35.7 Å². The van der Waals surface area contributed by atoms with E-state index in [1.54, 1.807) is 66.9 Å². The Kier molecular flexibility index (Phi) is 14.4. The van der Waals surface area contributed by atoms with Crippen LogP contribution in [0.4, 0.5) is 26.1 Å². The highest BCUT2D eigenvalue weighted by molar-refractivity contribution is 6.31. The highest BCUT2D eigenvalue weighted by atomic mass is 35.5. The number of ether oxygens (including phenoxy) is 1. The van der Waals surface area contributed by atoms with Crippen molar-refractivity contribution < 1.29 is 37.5 Å². The molecule has 5 heterocycles. The summed E-state index contributed by atoms with van der Waals surface area (Å²) in [4.78, 5) is 80.7. The molecule has 356 valence electrons. The van der Waals surface area contributed by atoms with Gasteiger partial charge >= 0.3 is 0 Å². The molecule has 1 unspecified atom stereocenters. The zero-order valence-electron chi connectivity index (χ0n) is 37.5. The smallest absolute Gasteiger partial charge is 0.255 e. The normalized spacial score (nSPS) is 17.0. The maximum atomic E-state index is 15.0. The topological polar surface area (TPSA) is 199 Å². The lowest BCUT2D eigenvalue weighted by atomic mass is 9.95. The second-order valence-electron chi connectivity index (χ2n) is 17.2. The molecule has 9 rings (SSSR count). The van der Waals surface area contributed by atoms with Crippen molar-refractivity contribution >= 4 is 64.2 Å². The highest BCUT2D eigenvalue weighted by Crippen LogP contribution is 2.36. The van der Waals surface area contributed by atoms with Crippen molar-refractivity contribution in [2.24, 2.45) is 4.99 Å². The molecule has 5 amide bonds. The fourth-order valence-corrected chi connectivity index (χ4v) is 9.19. The number of aromatic nitrogens is 2. The van der Waals surface area contributed by atoms with Gasteiger partial charge in [0.15, 0.2) is 0 Å². The molecule has 2 fully saturated rings. The number of hydrogen-bond donors (Lipinski definition) is 5. The standard InChI is InChI=1S/C50H49ClF2N10O6/c51-31-9-12-34-36(25-31)46(44-38(52)4-2-5-39(44)53)55-26-30-27-56-50(61-45(30)34)58-32-10-7-29(8-11-32)47(66)57-33-15-20-62(21-16-33)22-18-54-19-24-69-23-17-43(65)59-40-6-1-3-35-37(40)28-63(49(35)68)41-13-14-42(64)60-48(41)67/h1-12,25,27,33,41,54H,13-24,26,28H2,(H,57,66)(H,59,65)(H,56,58,61)(H,60,64,67). The van der Waals surface area contributed by atoms with Gasteiger partial charge in [-0.3, -0.25) is 34.3 Å². The molecule has 69 heavy (non-hydrogen) atoms. The molecule has 4 aliphatic rings. The molecule has 16 nitrogen and oxygen atoms in total. The van der Waals surface area contributed by atoms with Crippen LogP contribution in [0.3, 0.4) is 0 Å². The number of carbonyl (C=O) groups excluding carboxylic acids is 5. The van der Waals surface area contributed by atoms with Crippen LogP contribution in [0.1, 0.15) is 75.1 Å². The van der Waals surface area contributed by atoms with Gasteiger partial charge in [0.05, 0.1) is 43.1 Å². The van der Waals surface area contributed by atoms with Gasteiger partial charge in [0.1, 0.15) is 17.7 Å². The van der Waals surface area contributed by atoms with Gasteiger partial charge in [0.2, 0.25) is 23.7 Å². The number of likely N-dealkylation sites (tertiary alicyclic amines) is 1. The van der Waals surface area contributed by atoms with Crippen LogP contribution in [0, 0.1) is 11.6 Å². The second kappa shape index (κ2) is 21.1. The molecule has 4 aliphatic heterocycles. The third-order valence-corrected chi connectivity index (χ3v) is 12.9. The number of piperidine rings is 2. The Balaban J connectivity index is 0.665.